The van der Waals surface area contributed by atoms with E-state index >= 15 is 0 Å². The van der Waals surface area contributed by atoms with Gasteiger partial charge in [-0.15, -0.1) is 0 Å². The van der Waals surface area contributed by atoms with Crippen LogP contribution in [0, 0.1) is 5.92 Å². The minimum atomic E-state index is -0.219. The number of benzene rings is 1. The molecule has 2 N–H and O–H groups in total. The van der Waals surface area contributed by atoms with Crippen molar-refractivity contribution in [3.8, 4) is 0 Å². The molecule has 0 spiro atoms. The molecule has 0 aromatic heterocycles. The highest BCUT2D eigenvalue weighted by Crippen LogP contribution is 2.21. The van der Waals surface area contributed by atoms with Crippen LogP contribution >= 0.6 is 0 Å². The van der Waals surface area contributed by atoms with E-state index in [0.29, 0.717) is 31.7 Å². The molecule has 2 rings (SSSR count). The minimum absolute atomic E-state index is 0.0281. The number of amides is 1. The summed E-state index contributed by atoms with van der Waals surface area (Å²) in [4.78, 5) is 25.8. The number of hydrogen-bond acceptors (Lipinski definition) is 4. The third-order valence-corrected chi connectivity index (χ3v) is 3.64. The van der Waals surface area contributed by atoms with E-state index in [1.807, 2.05) is 18.2 Å². The number of carbonyl (C=O) groups is 2. The first kappa shape index (κ1) is 15.5. The Morgan fingerprint density at radius 2 is 2.00 bits per heavy atom. The molecule has 1 aromatic carbocycles. The summed E-state index contributed by atoms with van der Waals surface area (Å²) >= 11 is 0. The second kappa shape index (κ2) is 7.22. The monoisotopic (exact) mass is 290 g/mol. The van der Waals surface area contributed by atoms with Crippen LogP contribution in [-0.4, -0.2) is 42.5 Å². The zero-order valence-corrected chi connectivity index (χ0v) is 12.3. The zero-order valence-electron chi connectivity index (χ0n) is 12.3. The molecule has 1 saturated heterocycles. The maximum atomic E-state index is 12.5. The van der Waals surface area contributed by atoms with Crippen LogP contribution < -0.4 is 5.73 Å². The Hall–Kier alpha value is -1.88. The molecule has 5 heteroatoms. The van der Waals surface area contributed by atoms with Crippen LogP contribution in [0.5, 0.6) is 0 Å². The molecule has 0 bridgehead atoms. The topological polar surface area (TPSA) is 72.6 Å². The van der Waals surface area contributed by atoms with E-state index in [9.17, 15) is 9.59 Å². The first-order chi connectivity index (χ1) is 10.1. The van der Waals surface area contributed by atoms with Crippen LogP contribution in [0.2, 0.25) is 0 Å². The fraction of sp³-hybridized carbons (Fsp3) is 0.500. The number of nitrogens with zero attached hydrogens (tertiary/aromatic N) is 1. The van der Waals surface area contributed by atoms with E-state index in [4.69, 9.17) is 10.5 Å². The van der Waals surface area contributed by atoms with E-state index < -0.39 is 0 Å². The maximum absolute atomic E-state index is 12.5. The molecule has 0 aliphatic carbocycles. The highest BCUT2D eigenvalue weighted by atomic mass is 16.5. The summed E-state index contributed by atoms with van der Waals surface area (Å²) in [5.74, 6) is -0.177. The highest BCUT2D eigenvalue weighted by molar-refractivity contribution is 5.94. The fourth-order valence-corrected chi connectivity index (χ4v) is 2.78. The highest BCUT2D eigenvalue weighted by Gasteiger charge is 2.30. The molecule has 114 valence electrons. The predicted molar refractivity (Wildman–Crippen MR) is 79.7 cm³/mol. The van der Waals surface area contributed by atoms with Crippen molar-refractivity contribution >= 4 is 11.9 Å². The van der Waals surface area contributed by atoms with Crippen molar-refractivity contribution in [2.75, 3.05) is 19.7 Å². The number of rotatable bonds is 4. The zero-order chi connectivity index (χ0) is 15.2. The number of hydrogen-bond donors (Lipinski definition) is 1. The van der Waals surface area contributed by atoms with Gasteiger partial charge in [0.2, 0.25) is 0 Å². The second-order valence-electron chi connectivity index (χ2n) is 5.45. The van der Waals surface area contributed by atoms with Gasteiger partial charge in [-0.05, 0) is 31.4 Å². The van der Waals surface area contributed by atoms with Gasteiger partial charge in [-0.2, -0.15) is 0 Å². The molecule has 2 atom stereocenters. The Morgan fingerprint density at radius 3 is 2.67 bits per heavy atom. The fourth-order valence-electron chi connectivity index (χ4n) is 2.78. The summed E-state index contributed by atoms with van der Waals surface area (Å²) < 4.78 is 4.98. The quantitative estimate of drug-likeness (QED) is 0.851. The number of ether oxygens (including phenoxy) is 1. The van der Waals surface area contributed by atoms with Gasteiger partial charge in [0.05, 0.1) is 13.0 Å². The summed E-state index contributed by atoms with van der Waals surface area (Å²) in [7, 11) is 0. The van der Waals surface area contributed by atoms with Gasteiger partial charge in [0.1, 0.15) is 0 Å². The van der Waals surface area contributed by atoms with Gasteiger partial charge in [-0.1, -0.05) is 18.2 Å². The van der Waals surface area contributed by atoms with Crippen molar-refractivity contribution in [1.29, 1.82) is 0 Å². The van der Waals surface area contributed by atoms with Gasteiger partial charge in [-0.3, -0.25) is 9.59 Å². The number of carbonyl (C=O) groups excluding carboxylic acids is 2. The Bertz CT molecular complexity index is 490. The van der Waals surface area contributed by atoms with Crippen molar-refractivity contribution in [3.63, 3.8) is 0 Å². The second-order valence-corrected chi connectivity index (χ2v) is 5.45. The van der Waals surface area contributed by atoms with Gasteiger partial charge in [0.25, 0.3) is 5.91 Å². The van der Waals surface area contributed by atoms with Gasteiger partial charge in [0.15, 0.2) is 0 Å². The molecule has 1 amide bonds. The van der Waals surface area contributed by atoms with Crippen molar-refractivity contribution < 1.29 is 14.3 Å². The smallest absolute Gasteiger partial charge is 0.306 e. The summed E-state index contributed by atoms with van der Waals surface area (Å²) in [6.45, 7) is 3.26. The van der Waals surface area contributed by atoms with Gasteiger partial charge >= 0.3 is 5.97 Å². The Balaban J connectivity index is 2.00. The van der Waals surface area contributed by atoms with E-state index in [1.54, 1.807) is 24.0 Å². The van der Waals surface area contributed by atoms with Crippen LogP contribution in [0.3, 0.4) is 0 Å². The van der Waals surface area contributed by atoms with Crippen LogP contribution in [0.25, 0.3) is 0 Å². The average Bonchev–Trinajstić information content (AvgIpc) is 2.47. The lowest BCUT2D eigenvalue weighted by molar-refractivity contribution is -0.144. The molecule has 1 aliphatic heterocycles. The van der Waals surface area contributed by atoms with Crippen molar-refractivity contribution in [2.45, 2.75) is 25.8 Å². The third-order valence-electron chi connectivity index (χ3n) is 3.64. The van der Waals surface area contributed by atoms with E-state index in [1.165, 1.54) is 0 Å². The molecule has 1 heterocycles. The molecule has 1 aromatic rings. The molecular formula is C16H22N2O3. The van der Waals surface area contributed by atoms with Crippen LogP contribution in [0.4, 0.5) is 0 Å². The standard InChI is InChI=1S/C16H22N2O3/c1-2-21-15(19)9-12-8-14(17)11-18(10-12)16(20)13-6-4-3-5-7-13/h3-7,12,14H,2,8-11,17H2,1H3. The molecular weight excluding hydrogens is 268 g/mol. The first-order valence-electron chi connectivity index (χ1n) is 7.35. The van der Waals surface area contributed by atoms with Crippen molar-refractivity contribution in [2.24, 2.45) is 11.7 Å². The van der Waals surface area contributed by atoms with E-state index in [2.05, 4.69) is 0 Å². The SMILES string of the molecule is CCOC(=O)CC1CC(N)CN(C(=O)c2ccccc2)C1. The van der Waals surface area contributed by atoms with Gasteiger partial charge < -0.3 is 15.4 Å². The molecule has 0 radical (unpaired) electrons. The largest absolute Gasteiger partial charge is 0.466 e. The molecule has 0 saturated carbocycles. The predicted octanol–water partition coefficient (Wildman–Crippen LogP) is 1.43. The molecule has 2 unspecified atom stereocenters. The van der Waals surface area contributed by atoms with Gasteiger partial charge in [0, 0.05) is 24.7 Å². The van der Waals surface area contributed by atoms with Gasteiger partial charge in [-0.25, -0.2) is 0 Å². The Labute approximate surface area is 125 Å². The number of esters is 1. The van der Waals surface area contributed by atoms with Crippen LogP contribution in [0.1, 0.15) is 30.1 Å². The molecule has 5 nitrogen and oxygen atoms in total. The lowest BCUT2D eigenvalue weighted by Gasteiger charge is -2.36. The third kappa shape index (κ3) is 4.29. The number of likely N-dealkylation sites (tertiary alicyclic amines) is 1. The van der Waals surface area contributed by atoms with Crippen LogP contribution in [-0.2, 0) is 9.53 Å². The first-order valence-corrected chi connectivity index (χ1v) is 7.35. The normalized spacial score (nSPS) is 21.9. The maximum Gasteiger partial charge on any atom is 0.306 e. The average molecular weight is 290 g/mol. The Morgan fingerprint density at radius 1 is 1.29 bits per heavy atom. The summed E-state index contributed by atoms with van der Waals surface area (Å²) in [5.41, 5.74) is 6.69. The van der Waals surface area contributed by atoms with Crippen molar-refractivity contribution in [1.82, 2.24) is 4.90 Å². The summed E-state index contributed by atoms with van der Waals surface area (Å²) in [5, 5.41) is 0. The van der Waals surface area contributed by atoms with Crippen LogP contribution in [0.15, 0.2) is 30.3 Å². The molecule has 21 heavy (non-hydrogen) atoms. The molecule has 1 fully saturated rings. The minimum Gasteiger partial charge on any atom is -0.466 e. The Kier molecular flexibility index (Phi) is 5.33. The number of nitrogens with two attached hydrogens (primary N) is 1. The lowest BCUT2D eigenvalue weighted by Crippen LogP contribution is -2.49. The van der Waals surface area contributed by atoms with E-state index in [0.717, 1.165) is 6.42 Å². The van der Waals surface area contributed by atoms with Crippen molar-refractivity contribution in [3.05, 3.63) is 35.9 Å². The van der Waals surface area contributed by atoms with E-state index in [-0.39, 0.29) is 23.8 Å². The lowest BCUT2D eigenvalue weighted by atomic mass is 9.91. The summed E-state index contributed by atoms with van der Waals surface area (Å²) in [6, 6.07) is 9.06. The summed E-state index contributed by atoms with van der Waals surface area (Å²) in [6.07, 6.45) is 1.07. The molecule has 1 aliphatic rings. The number of piperidine rings is 1.